The first-order chi connectivity index (χ1) is 8.85. The number of nitrogens with zero attached hydrogens (tertiary/aromatic N) is 1. The van der Waals surface area contributed by atoms with Gasteiger partial charge in [-0.15, -0.1) is 0 Å². The second-order valence-corrected chi connectivity index (χ2v) is 6.78. The summed E-state index contributed by atoms with van der Waals surface area (Å²) in [5, 5.41) is 0. The van der Waals surface area contributed by atoms with Gasteiger partial charge >= 0.3 is 0 Å². The van der Waals surface area contributed by atoms with Gasteiger partial charge in [0, 0.05) is 0 Å². The summed E-state index contributed by atoms with van der Waals surface area (Å²) in [6.45, 7) is 3.05. The van der Waals surface area contributed by atoms with Gasteiger partial charge in [0.25, 0.3) is 0 Å². The third-order valence-corrected chi connectivity index (χ3v) is 6.13. The number of aliphatic imine (C=N–C) groups is 1. The van der Waals surface area contributed by atoms with E-state index in [1.54, 1.807) is 6.08 Å². The Bertz CT molecular complexity index is 347. The number of carbonyl (C=O) groups excluding carboxylic acids is 1. The van der Waals surface area contributed by atoms with Gasteiger partial charge in [-0.05, 0) is 67.6 Å². The summed E-state index contributed by atoms with van der Waals surface area (Å²) in [5.74, 6) is 6.01. The van der Waals surface area contributed by atoms with Crippen molar-refractivity contribution in [2.24, 2.45) is 40.5 Å². The monoisotopic (exact) mass is 247 g/mol. The van der Waals surface area contributed by atoms with E-state index in [2.05, 4.69) is 11.9 Å². The van der Waals surface area contributed by atoms with E-state index in [4.69, 9.17) is 0 Å². The topological polar surface area (TPSA) is 29.4 Å². The SMILES string of the molecule is CCCC1CC2CC1C1CCC(CCN=C=O)C21. The fourth-order valence-corrected chi connectivity index (χ4v) is 5.73. The van der Waals surface area contributed by atoms with Crippen LogP contribution in [0.3, 0.4) is 0 Å². The van der Waals surface area contributed by atoms with Crippen LogP contribution >= 0.6 is 0 Å². The molecule has 0 saturated heterocycles. The summed E-state index contributed by atoms with van der Waals surface area (Å²) in [6, 6.07) is 0. The van der Waals surface area contributed by atoms with E-state index in [1.807, 2.05) is 0 Å². The Morgan fingerprint density at radius 1 is 1.11 bits per heavy atom. The minimum absolute atomic E-state index is 0.715. The van der Waals surface area contributed by atoms with Crippen molar-refractivity contribution in [1.82, 2.24) is 0 Å². The van der Waals surface area contributed by atoms with Gasteiger partial charge in [0.2, 0.25) is 6.08 Å². The van der Waals surface area contributed by atoms with Crippen LogP contribution in [0.1, 0.15) is 51.9 Å². The predicted octanol–water partition coefficient (Wildman–Crippen LogP) is 3.81. The molecule has 2 nitrogen and oxygen atoms in total. The Balaban J connectivity index is 1.62. The zero-order valence-electron chi connectivity index (χ0n) is 11.5. The highest BCUT2D eigenvalue weighted by Gasteiger charge is 2.56. The maximum atomic E-state index is 10.2. The fraction of sp³-hybridized carbons (Fsp3) is 0.938. The normalized spacial score (nSPS) is 44.9. The molecule has 3 aliphatic carbocycles. The van der Waals surface area contributed by atoms with Crippen molar-refractivity contribution in [2.45, 2.75) is 51.9 Å². The van der Waals surface area contributed by atoms with Crippen molar-refractivity contribution in [3.05, 3.63) is 0 Å². The fourth-order valence-electron chi connectivity index (χ4n) is 5.73. The van der Waals surface area contributed by atoms with Gasteiger partial charge in [-0.3, -0.25) is 0 Å². The lowest BCUT2D eigenvalue weighted by Gasteiger charge is -2.34. The van der Waals surface area contributed by atoms with Crippen LogP contribution < -0.4 is 0 Å². The standard InChI is InChI=1S/C16H25NO/c1-2-3-12-8-13-9-15(12)14-5-4-11(16(13)14)6-7-17-10-18/h11-16H,2-9H2,1H3. The third kappa shape index (κ3) is 1.95. The number of fused-ring (bicyclic) bond motifs is 5. The van der Waals surface area contributed by atoms with E-state index >= 15 is 0 Å². The maximum Gasteiger partial charge on any atom is 0.234 e. The minimum Gasteiger partial charge on any atom is -0.211 e. The quantitative estimate of drug-likeness (QED) is 0.536. The zero-order valence-corrected chi connectivity index (χ0v) is 11.5. The lowest BCUT2D eigenvalue weighted by molar-refractivity contribution is 0.151. The molecule has 0 aromatic heterocycles. The number of isocyanates is 1. The first-order valence-corrected chi connectivity index (χ1v) is 7.88. The largest absolute Gasteiger partial charge is 0.234 e. The molecule has 2 bridgehead atoms. The molecule has 3 fully saturated rings. The molecule has 0 N–H and O–H groups in total. The second-order valence-electron chi connectivity index (χ2n) is 6.78. The first kappa shape index (κ1) is 12.4. The molecule has 18 heavy (non-hydrogen) atoms. The Morgan fingerprint density at radius 3 is 2.78 bits per heavy atom. The molecule has 0 aliphatic heterocycles. The van der Waals surface area contributed by atoms with Crippen molar-refractivity contribution in [3.8, 4) is 0 Å². The van der Waals surface area contributed by atoms with E-state index in [0.29, 0.717) is 6.54 Å². The highest BCUT2D eigenvalue weighted by atomic mass is 16.1. The molecule has 2 heteroatoms. The van der Waals surface area contributed by atoms with E-state index in [0.717, 1.165) is 41.9 Å². The van der Waals surface area contributed by atoms with Gasteiger partial charge in [-0.25, -0.2) is 9.79 Å². The number of hydrogen-bond acceptors (Lipinski definition) is 2. The molecule has 0 aromatic carbocycles. The smallest absolute Gasteiger partial charge is 0.211 e. The average Bonchev–Trinajstić information content (AvgIpc) is 3.01. The van der Waals surface area contributed by atoms with Crippen LogP contribution in [0.15, 0.2) is 4.99 Å². The van der Waals surface area contributed by atoms with Crippen molar-refractivity contribution in [1.29, 1.82) is 0 Å². The van der Waals surface area contributed by atoms with E-state index in [9.17, 15) is 4.79 Å². The molecular formula is C16H25NO. The van der Waals surface area contributed by atoms with E-state index < -0.39 is 0 Å². The Hall–Kier alpha value is -0.620. The van der Waals surface area contributed by atoms with Crippen LogP contribution in [-0.2, 0) is 4.79 Å². The molecule has 0 spiro atoms. The highest BCUT2D eigenvalue weighted by molar-refractivity contribution is 5.32. The Kier molecular flexibility index (Phi) is 3.56. The molecule has 100 valence electrons. The first-order valence-electron chi connectivity index (χ1n) is 7.88. The van der Waals surface area contributed by atoms with Gasteiger partial charge in [0.05, 0.1) is 6.54 Å². The average molecular weight is 247 g/mol. The van der Waals surface area contributed by atoms with Gasteiger partial charge in [-0.1, -0.05) is 19.8 Å². The highest BCUT2D eigenvalue weighted by Crippen LogP contribution is 2.63. The number of hydrogen-bond donors (Lipinski definition) is 0. The van der Waals surface area contributed by atoms with Crippen molar-refractivity contribution in [2.75, 3.05) is 6.54 Å². The Labute approximate surface area is 110 Å². The molecule has 6 unspecified atom stereocenters. The van der Waals surface area contributed by atoms with Gasteiger partial charge < -0.3 is 0 Å². The van der Waals surface area contributed by atoms with Crippen molar-refractivity contribution >= 4 is 6.08 Å². The molecule has 3 saturated carbocycles. The molecule has 0 amide bonds. The van der Waals surface area contributed by atoms with E-state index in [-0.39, 0.29) is 0 Å². The predicted molar refractivity (Wildman–Crippen MR) is 71.9 cm³/mol. The van der Waals surface area contributed by atoms with Gasteiger partial charge in [0.15, 0.2) is 0 Å². The summed E-state index contributed by atoms with van der Waals surface area (Å²) in [5.41, 5.74) is 0. The van der Waals surface area contributed by atoms with Crippen LogP contribution in [-0.4, -0.2) is 12.6 Å². The molecule has 6 atom stereocenters. The lowest BCUT2D eigenvalue weighted by Crippen LogP contribution is -2.27. The minimum atomic E-state index is 0.715. The molecule has 0 radical (unpaired) electrons. The van der Waals surface area contributed by atoms with Crippen LogP contribution in [0.2, 0.25) is 0 Å². The second kappa shape index (κ2) is 5.17. The van der Waals surface area contributed by atoms with Crippen molar-refractivity contribution in [3.63, 3.8) is 0 Å². The number of rotatable bonds is 5. The summed E-state index contributed by atoms with van der Waals surface area (Å²) in [6.07, 6.45) is 11.5. The summed E-state index contributed by atoms with van der Waals surface area (Å²) in [4.78, 5) is 13.9. The molecular weight excluding hydrogens is 222 g/mol. The zero-order chi connectivity index (χ0) is 12.5. The van der Waals surface area contributed by atoms with Crippen LogP contribution in [0.4, 0.5) is 0 Å². The molecule has 0 aromatic rings. The maximum absolute atomic E-state index is 10.2. The van der Waals surface area contributed by atoms with Gasteiger partial charge in [-0.2, -0.15) is 0 Å². The van der Waals surface area contributed by atoms with Crippen LogP contribution in [0, 0.1) is 35.5 Å². The summed E-state index contributed by atoms with van der Waals surface area (Å²) >= 11 is 0. The van der Waals surface area contributed by atoms with E-state index in [1.165, 1.54) is 38.5 Å². The Morgan fingerprint density at radius 2 is 2.00 bits per heavy atom. The summed E-state index contributed by atoms with van der Waals surface area (Å²) in [7, 11) is 0. The third-order valence-electron chi connectivity index (χ3n) is 6.13. The van der Waals surface area contributed by atoms with Crippen LogP contribution in [0.5, 0.6) is 0 Å². The van der Waals surface area contributed by atoms with Crippen LogP contribution in [0.25, 0.3) is 0 Å². The molecule has 0 heterocycles. The molecule has 3 rings (SSSR count). The summed E-state index contributed by atoms with van der Waals surface area (Å²) < 4.78 is 0. The van der Waals surface area contributed by atoms with Gasteiger partial charge in [0.1, 0.15) is 0 Å². The van der Waals surface area contributed by atoms with Crippen molar-refractivity contribution < 1.29 is 4.79 Å². The molecule has 3 aliphatic rings. The lowest BCUT2D eigenvalue weighted by atomic mass is 9.71.